The summed E-state index contributed by atoms with van der Waals surface area (Å²) in [5.74, 6) is 2.12. The lowest BCUT2D eigenvalue weighted by molar-refractivity contribution is 0.0861. The Balaban J connectivity index is 1.72. The normalized spacial score (nSPS) is 14.3. The van der Waals surface area contributed by atoms with Gasteiger partial charge in [0.05, 0.1) is 7.11 Å². The number of nitriles is 1. The molecule has 3 aromatic rings. The summed E-state index contributed by atoms with van der Waals surface area (Å²) in [4.78, 5) is 14.3. The maximum Gasteiger partial charge on any atom is 0.280 e. The fraction of sp³-hybridized carbons (Fsp3) is 0.360. The Morgan fingerprint density at radius 3 is 2.52 bits per heavy atom. The number of rotatable bonds is 5. The lowest BCUT2D eigenvalue weighted by Gasteiger charge is -2.22. The molecule has 0 spiro atoms. The average Bonchev–Trinajstić information content (AvgIpc) is 3.15. The summed E-state index contributed by atoms with van der Waals surface area (Å²) >= 11 is 1.33. The Hall–Kier alpha value is -3.04. The summed E-state index contributed by atoms with van der Waals surface area (Å²) in [6, 6.07) is 12.1. The van der Waals surface area contributed by atoms with Crippen LogP contribution in [0.25, 0.3) is 10.1 Å². The maximum atomic E-state index is 12.9. The van der Waals surface area contributed by atoms with E-state index in [0.29, 0.717) is 22.3 Å². The number of methoxy groups -OCH3 is 1. The molecule has 0 aliphatic heterocycles. The Kier molecular flexibility index (Phi) is 6.15. The van der Waals surface area contributed by atoms with Gasteiger partial charge < -0.3 is 9.47 Å². The molecule has 1 aliphatic rings. The number of hydrogen-bond acceptors (Lipinski definition) is 5. The van der Waals surface area contributed by atoms with Crippen LogP contribution in [0.5, 0.6) is 17.2 Å². The highest BCUT2D eigenvalue weighted by Crippen LogP contribution is 2.43. The van der Waals surface area contributed by atoms with Crippen molar-refractivity contribution in [2.45, 2.75) is 44.9 Å². The molecule has 1 aliphatic carbocycles. The van der Waals surface area contributed by atoms with E-state index in [1.165, 1.54) is 56.1 Å². The Labute approximate surface area is 186 Å². The highest BCUT2D eigenvalue weighted by Gasteiger charge is 2.24. The highest BCUT2D eigenvalue weighted by atomic mass is 32.1. The van der Waals surface area contributed by atoms with Crippen molar-refractivity contribution in [2.75, 3.05) is 14.2 Å². The van der Waals surface area contributed by atoms with Gasteiger partial charge in [-0.1, -0.05) is 31.4 Å². The topological polar surface area (TPSA) is 62.6 Å². The van der Waals surface area contributed by atoms with E-state index < -0.39 is 0 Å². The second-order valence-electron chi connectivity index (χ2n) is 8.05. The van der Waals surface area contributed by atoms with E-state index in [9.17, 15) is 10.1 Å². The molecule has 0 saturated heterocycles. The summed E-state index contributed by atoms with van der Waals surface area (Å²) in [6.07, 6.45) is 8.30. The molecule has 1 saturated carbocycles. The van der Waals surface area contributed by atoms with Crippen LogP contribution in [0.1, 0.15) is 58.8 Å². The van der Waals surface area contributed by atoms with Crippen molar-refractivity contribution in [1.82, 2.24) is 4.90 Å². The molecule has 0 radical (unpaired) electrons. The average molecular weight is 435 g/mol. The van der Waals surface area contributed by atoms with E-state index in [-0.39, 0.29) is 5.91 Å². The molecule has 2 aromatic carbocycles. The van der Waals surface area contributed by atoms with Crippen LogP contribution in [0, 0.1) is 18.4 Å². The van der Waals surface area contributed by atoms with Crippen molar-refractivity contribution < 1.29 is 14.3 Å². The number of thiophene rings is 1. The third-order valence-electron chi connectivity index (χ3n) is 5.99. The molecule has 1 aromatic heterocycles. The molecule has 0 N–H and O–H groups in total. The predicted molar refractivity (Wildman–Crippen MR) is 123 cm³/mol. The fourth-order valence-electron chi connectivity index (χ4n) is 4.22. The molecular weight excluding hydrogens is 408 g/mol. The van der Waals surface area contributed by atoms with Crippen molar-refractivity contribution in [1.29, 1.82) is 5.26 Å². The number of amides is 1. The number of fused-ring (bicyclic) bond motifs is 1. The van der Waals surface area contributed by atoms with Crippen LogP contribution < -0.4 is 9.47 Å². The monoisotopic (exact) mass is 434 g/mol. The molecule has 160 valence electrons. The summed E-state index contributed by atoms with van der Waals surface area (Å²) in [5, 5.41) is 10.0. The van der Waals surface area contributed by atoms with Gasteiger partial charge in [0.1, 0.15) is 16.4 Å². The summed E-state index contributed by atoms with van der Waals surface area (Å²) < 4.78 is 12.7. The van der Waals surface area contributed by atoms with E-state index in [0.717, 1.165) is 26.3 Å². The molecule has 0 unspecified atom stereocenters. The zero-order valence-electron chi connectivity index (χ0n) is 18.1. The van der Waals surface area contributed by atoms with E-state index >= 15 is 0 Å². The van der Waals surface area contributed by atoms with Gasteiger partial charge >= 0.3 is 0 Å². The van der Waals surface area contributed by atoms with Gasteiger partial charge in [-0.3, -0.25) is 4.79 Å². The van der Waals surface area contributed by atoms with Crippen LogP contribution >= 0.6 is 11.3 Å². The standard InChI is InChI=1S/C25H26N2O3S/c1-16-13-22-20(14-21(16)29-3)23(24(31-22)25(28)27(2)15-26)30-19-11-9-18(10-12-19)17-7-5-4-6-8-17/h9-14,17H,4-8H2,1-3H3. The number of carbonyl (C=O) groups is 1. The molecule has 4 rings (SSSR count). The van der Waals surface area contributed by atoms with Crippen molar-refractivity contribution >= 4 is 27.3 Å². The Morgan fingerprint density at radius 1 is 1.16 bits per heavy atom. The van der Waals surface area contributed by atoms with Gasteiger partial charge in [0, 0.05) is 17.1 Å². The third kappa shape index (κ3) is 4.24. The zero-order chi connectivity index (χ0) is 22.0. The molecule has 0 bridgehead atoms. The zero-order valence-corrected chi connectivity index (χ0v) is 18.9. The molecule has 1 heterocycles. The third-order valence-corrected chi connectivity index (χ3v) is 7.11. The van der Waals surface area contributed by atoms with Crippen LogP contribution in [0.2, 0.25) is 0 Å². The van der Waals surface area contributed by atoms with Crippen molar-refractivity contribution in [3.05, 3.63) is 52.4 Å². The quantitative estimate of drug-likeness (QED) is 0.335. The number of aryl methyl sites for hydroxylation is 1. The molecule has 31 heavy (non-hydrogen) atoms. The van der Waals surface area contributed by atoms with Gasteiger partial charge in [-0.25, -0.2) is 4.90 Å². The number of benzene rings is 2. The smallest absolute Gasteiger partial charge is 0.280 e. The lowest BCUT2D eigenvalue weighted by atomic mass is 9.84. The van der Waals surface area contributed by atoms with Gasteiger partial charge in [0.2, 0.25) is 0 Å². The molecule has 1 amide bonds. The number of carbonyl (C=O) groups excluding carboxylic acids is 1. The molecular formula is C25H26N2O3S. The van der Waals surface area contributed by atoms with Crippen molar-refractivity contribution in [3.63, 3.8) is 0 Å². The first kappa shape index (κ1) is 21.2. The SMILES string of the molecule is COc1cc2c(Oc3ccc(C4CCCCC4)cc3)c(C(=O)N(C)C#N)sc2cc1C. The van der Waals surface area contributed by atoms with Crippen LogP contribution in [-0.2, 0) is 0 Å². The lowest BCUT2D eigenvalue weighted by Crippen LogP contribution is -2.20. The van der Waals surface area contributed by atoms with Crippen LogP contribution in [-0.4, -0.2) is 25.0 Å². The van der Waals surface area contributed by atoms with E-state index in [2.05, 4.69) is 12.1 Å². The molecule has 5 nitrogen and oxygen atoms in total. The van der Waals surface area contributed by atoms with E-state index in [1.807, 2.05) is 37.4 Å². The predicted octanol–water partition coefficient (Wildman–Crippen LogP) is 6.61. The van der Waals surface area contributed by atoms with Crippen LogP contribution in [0.4, 0.5) is 0 Å². The summed E-state index contributed by atoms with van der Waals surface area (Å²) in [6.45, 7) is 1.96. The van der Waals surface area contributed by atoms with Gasteiger partial charge in [-0.2, -0.15) is 5.26 Å². The largest absolute Gasteiger partial charge is 0.496 e. The summed E-state index contributed by atoms with van der Waals surface area (Å²) in [5.41, 5.74) is 2.33. The van der Waals surface area contributed by atoms with Crippen molar-refractivity contribution in [2.24, 2.45) is 0 Å². The maximum absolute atomic E-state index is 12.9. The molecule has 1 fully saturated rings. The Bertz CT molecular complexity index is 1140. The fourth-order valence-corrected chi connectivity index (χ4v) is 5.41. The van der Waals surface area contributed by atoms with Gasteiger partial charge in [-0.05, 0) is 61.1 Å². The Morgan fingerprint density at radius 2 is 1.87 bits per heavy atom. The van der Waals surface area contributed by atoms with E-state index in [4.69, 9.17) is 9.47 Å². The van der Waals surface area contributed by atoms with Crippen molar-refractivity contribution in [3.8, 4) is 23.4 Å². The second-order valence-corrected chi connectivity index (χ2v) is 9.10. The highest BCUT2D eigenvalue weighted by molar-refractivity contribution is 7.21. The minimum atomic E-state index is -0.380. The first-order valence-electron chi connectivity index (χ1n) is 10.6. The molecule has 6 heteroatoms. The first-order valence-corrected chi connectivity index (χ1v) is 11.4. The van der Waals surface area contributed by atoms with Gasteiger partial charge in [-0.15, -0.1) is 11.3 Å². The number of ether oxygens (including phenoxy) is 2. The van der Waals surface area contributed by atoms with Crippen LogP contribution in [0.3, 0.4) is 0 Å². The minimum Gasteiger partial charge on any atom is -0.496 e. The first-order chi connectivity index (χ1) is 15.0. The van der Waals surface area contributed by atoms with Gasteiger partial charge in [0.25, 0.3) is 5.91 Å². The van der Waals surface area contributed by atoms with E-state index in [1.54, 1.807) is 7.11 Å². The van der Waals surface area contributed by atoms with Crippen LogP contribution in [0.15, 0.2) is 36.4 Å². The second kappa shape index (κ2) is 8.99. The van der Waals surface area contributed by atoms with Gasteiger partial charge in [0.15, 0.2) is 11.9 Å². The number of nitrogens with zero attached hydrogens (tertiary/aromatic N) is 2. The summed E-state index contributed by atoms with van der Waals surface area (Å²) in [7, 11) is 3.09. The molecule has 0 atom stereocenters. The minimum absolute atomic E-state index is 0.380. The number of hydrogen-bond donors (Lipinski definition) is 0.